The molecule has 36 heavy (non-hydrogen) atoms. The normalized spacial score (nSPS) is 12.2. The highest BCUT2D eigenvalue weighted by Gasteiger charge is 2.18. The number of esters is 1. The van der Waals surface area contributed by atoms with E-state index in [0.29, 0.717) is 28.0 Å². The van der Waals surface area contributed by atoms with Crippen LogP contribution in [0.2, 0.25) is 0 Å². The van der Waals surface area contributed by atoms with Gasteiger partial charge in [-0.1, -0.05) is 72.8 Å². The van der Waals surface area contributed by atoms with E-state index in [1.165, 1.54) is 11.8 Å². The molecule has 0 fully saturated rings. The van der Waals surface area contributed by atoms with Gasteiger partial charge in [-0.3, -0.25) is 4.79 Å². The second kappa shape index (κ2) is 9.84. The molecule has 5 aromatic rings. The molecule has 0 radical (unpaired) electrons. The smallest absolute Gasteiger partial charge is 0.346 e. The molecule has 0 aliphatic carbocycles. The molecule has 0 N–H and O–H groups in total. The molecule has 4 aromatic carbocycles. The van der Waals surface area contributed by atoms with Crippen LogP contribution in [0.1, 0.15) is 12.5 Å². The summed E-state index contributed by atoms with van der Waals surface area (Å²) in [5.74, 6) is 0.368. The van der Waals surface area contributed by atoms with Crippen LogP contribution in [0.3, 0.4) is 0 Å². The summed E-state index contributed by atoms with van der Waals surface area (Å²) in [5, 5.41) is 6.89. The van der Waals surface area contributed by atoms with E-state index in [4.69, 9.17) is 14.5 Å². The number of nitrogens with zero attached hydrogens (tertiary/aromatic N) is 3. The van der Waals surface area contributed by atoms with Gasteiger partial charge in [0.05, 0.1) is 24.2 Å². The third-order valence-electron chi connectivity index (χ3n) is 5.86. The quantitative estimate of drug-likeness (QED) is 0.253. The van der Waals surface area contributed by atoms with Crippen LogP contribution >= 0.6 is 0 Å². The second-order valence-electron chi connectivity index (χ2n) is 8.16. The summed E-state index contributed by atoms with van der Waals surface area (Å²) in [4.78, 5) is 30.3. The van der Waals surface area contributed by atoms with E-state index in [0.717, 1.165) is 16.3 Å². The first-order valence-corrected chi connectivity index (χ1v) is 11.4. The molecule has 0 amide bonds. The van der Waals surface area contributed by atoms with Crippen LogP contribution in [0.25, 0.3) is 33.1 Å². The molecule has 0 bridgehead atoms. The number of hydrogen-bond donors (Lipinski definition) is 0. The predicted molar refractivity (Wildman–Crippen MR) is 140 cm³/mol. The molecule has 0 saturated heterocycles. The van der Waals surface area contributed by atoms with Crippen LogP contribution in [0.5, 0.6) is 5.75 Å². The molecule has 5 rings (SSSR count). The van der Waals surface area contributed by atoms with Crippen LogP contribution in [-0.4, -0.2) is 35.1 Å². The van der Waals surface area contributed by atoms with Gasteiger partial charge in [0.2, 0.25) is 0 Å². The summed E-state index contributed by atoms with van der Waals surface area (Å²) in [6, 6.07) is 28.1. The number of carbonyl (C=O) groups excluding carboxylic acids is 1. The van der Waals surface area contributed by atoms with Gasteiger partial charge in [0.25, 0.3) is 5.56 Å². The summed E-state index contributed by atoms with van der Waals surface area (Å²) in [7, 11) is 1.31. The molecular weight excluding hydrogens is 454 g/mol. The van der Waals surface area contributed by atoms with Crippen LogP contribution in [0.4, 0.5) is 0 Å². The molecule has 1 atom stereocenters. The minimum Gasteiger partial charge on any atom is -0.478 e. The van der Waals surface area contributed by atoms with Crippen molar-refractivity contribution < 1.29 is 14.3 Å². The Kier molecular flexibility index (Phi) is 6.28. The van der Waals surface area contributed by atoms with Crippen LogP contribution < -0.4 is 10.3 Å². The lowest BCUT2D eigenvalue weighted by Crippen LogP contribution is -2.25. The Labute approximate surface area is 207 Å². The first kappa shape index (κ1) is 23.0. The lowest BCUT2D eigenvalue weighted by molar-refractivity contribution is -0.147. The highest BCUT2D eigenvalue weighted by molar-refractivity contribution is 6.02. The van der Waals surface area contributed by atoms with Gasteiger partial charge < -0.3 is 9.47 Å². The van der Waals surface area contributed by atoms with Gasteiger partial charge in [0.15, 0.2) is 11.9 Å². The maximum absolute atomic E-state index is 13.5. The zero-order valence-corrected chi connectivity index (χ0v) is 19.8. The monoisotopic (exact) mass is 477 g/mol. The summed E-state index contributed by atoms with van der Waals surface area (Å²) >= 11 is 0. The van der Waals surface area contributed by atoms with E-state index in [-0.39, 0.29) is 5.56 Å². The first-order valence-electron chi connectivity index (χ1n) is 11.4. The Morgan fingerprint density at radius 3 is 2.39 bits per heavy atom. The molecule has 0 spiro atoms. The van der Waals surface area contributed by atoms with Crippen molar-refractivity contribution in [2.24, 2.45) is 5.10 Å². The third-order valence-corrected chi connectivity index (χ3v) is 5.86. The van der Waals surface area contributed by atoms with Crippen molar-refractivity contribution in [3.8, 4) is 17.1 Å². The molecule has 1 heterocycles. The Morgan fingerprint density at radius 1 is 0.917 bits per heavy atom. The summed E-state index contributed by atoms with van der Waals surface area (Å²) in [5.41, 5.74) is 1.68. The van der Waals surface area contributed by atoms with Crippen molar-refractivity contribution in [3.05, 3.63) is 107 Å². The Morgan fingerprint density at radius 2 is 1.61 bits per heavy atom. The van der Waals surface area contributed by atoms with Gasteiger partial charge in [0.1, 0.15) is 5.75 Å². The fraction of sp³-hybridized carbons (Fsp3) is 0.103. The Bertz CT molecular complexity index is 1660. The summed E-state index contributed by atoms with van der Waals surface area (Å²) in [6.45, 7) is 1.62. The zero-order chi connectivity index (χ0) is 25.1. The Hall–Kier alpha value is -4.78. The number of carbonyl (C=O) groups is 1. The standard InChI is InChI=1S/C29H23N3O4/c1-19(29(34)35-2)36-26-17-16-20-10-6-7-13-22(20)24(26)18-30-32-27(21-11-4-3-5-12-21)31-25-15-9-8-14-23(25)28(32)33/h3-19H,1-2H3/t19-/m0/s1. The van der Waals surface area contributed by atoms with Crippen molar-refractivity contribution in [1.29, 1.82) is 0 Å². The lowest BCUT2D eigenvalue weighted by Gasteiger charge is -2.16. The minimum absolute atomic E-state index is 0.290. The van der Waals surface area contributed by atoms with E-state index in [2.05, 4.69) is 5.10 Å². The molecule has 7 heteroatoms. The van der Waals surface area contributed by atoms with Crippen LogP contribution in [-0.2, 0) is 9.53 Å². The van der Waals surface area contributed by atoms with E-state index >= 15 is 0 Å². The molecule has 178 valence electrons. The number of fused-ring (bicyclic) bond motifs is 2. The zero-order valence-electron chi connectivity index (χ0n) is 19.8. The van der Waals surface area contributed by atoms with Gasteiger partial charge in [-0.2, -0.15) is 9.78 Å². The molecule has 0 unspecified atom stereocenters. The Balaban J connectivity index is 1.71. The third kappa shape index (κ3) is 4.34. The van der Waals surface area contributed by atoms with E-state index in [1.54, 1.807) is 31.3 Å². The number of methoxy groups -OCH3 is 1. The largest absolute Gasteiger partial charge is 0.478 e. The van der Waals surface area contributed by atoms with Gasteiger partial charge in [-0.05, 0) is 35.9 Å². The molecule has 0 aliphatic rings. The van der Waals surface area contributed by atoms with Crippen molar-refractivity contribution in [2.45, 2.75) is 13.0 Å². The van der Waals surface area contributed by atoms with Gasteiger partial charge in [-0.15, -0.1) is 0 Å². The fourth-order valence-electron chi connectivity index (χ4n) is 4.04. The van der Waals surface area contributed by atoms with Gasteiger partial charge in [0, 0.05) is 11.1 Å². The number of aromatic nitrogens is 2. The number of ether oxygens (including phenoxy) is 2. The van der Waals surface area contributed by atoms with E-state index < -0.39 is 12.1 Å². The lowest BCUT2D eigenvalue weighted by atomic mass is 10.0. The van der Waals surface area contributed by atoms with Gasteiger partial charge >= 0.3 is 5.97 Å². The average Bonchev–Trinajstić information content (AvgIpc) is 2.93. The van der Waals surface area contributed by atoms with Crippen LogP contribution in [0, 0.1) is 0 Å². The molecule has 1 aromatic heterocycles. The topological polar surface area (TPSA) is 82.8 Å². The molecule has 0 aliphatic heterocycles. The van der Waals surface area contributed by atoms with Crippen LogP contribution in [0.15, 0.2) is 101 Å². The molecule has 7 nitrogen and oxygen atoms in total. The minimum atomic E-state index is -0.826. The SMILES string of the molecule is COC(=O)[C@H](C)Oc1ccc2ccccc2c1C=Nn1c(-c2ccccc2)nc2ccccc2c1=O. The maximum Gasteiger partial charge on any atom is 0.346 e. The molecular formula is C29H23N3O4. The molecule has 0 saturated carbocycles. The average molecular weight is 478 g/mol. The number of para-hydroxylation sites is 1. The summed E-state index contributed by atoms with van der Waals surface area (Å²) in [6.07, 6.45) is 0.750. The second-order valence-corrected chi connectivity index (χ2v) is 8.16. The van der Waals surface area contributed by atoms with E-state index in [9.17, 15) is 9.59 Å². The fourth-order valence-corrected chi connectivity index (χ4v) is 4.04. The van der Waals surface area contributed by atoms with E-state index in [1.807, 2.05) is 72.8 Å². The highest BCUT2D eigenvalue weighted by atomic mass is 16.6. The highest BCUT2D eigenvalue weighted by Crippen LogP contribution is 2.28. The van der Waals surface area contributed by atoms with Crippen molar-refractivity contribution in [2.75, 3.05) is 7.11 Å². The maximum atomic E-state index is 13.5. The number of hydrogen-bond acceptors (Lipinski definition) is 6. The predicted octanol–water partition coefficient (Wildman–Crippen LogP) is 5.04. The van der Waals surface area contributed by atoms with Gasteiger partial charge in [-0.25, -0.2) is 9.78 Å². The first-order chi connectivity index (χ1) is 17.6. The van der Waals surface area contributed by atoms with Crippen molar-refractivity contribution >= 4 is 33.9 Å². The van der Waals surface area contributed by atoms with Crippen molar-refractivity contribution in [3.63, 3.8) is 0 Å². The number of benzene rings is 4. The number of rotatable bonds is 6. The van der Waals surface area contributed by atoms with Crippen molar-refractivity contribution in [1.82, 2.24) is 9.66 Å². The summed E-state index contributed by atoms with van der Waals surface area (Å²) < 4.78 is 12.1.